The smallest absolute Gasteiger partial charge is 0.270 e. The molecule has 3 rings (SSSR count). The highest BCUT2D eigenvalue weighted by atomic mass is 32.1. The van der Waals surface area contributed by atoms with Crippen LogP contribution in [-0.2, 0) is 6.42 Å². The maximum absolute atomic E-state index is 12.0. The van der Waals surface area contributed by atoms with Gasteiger partial charge in [0.25, 0.3) is 11.5 Å². The summed E-state index contributed by atoms with van der Waals surface area (Å²) in [6.45, 7) is 0.508. The molecular weight excluding hydrogens is 276 g/mol. The van der Waals surface area contributed by atoms with E-state index in [-0.39, 0.29) is 17.2 Å². The quantitative estimate of drug-likeness (QED) is 0.862. The predicted octanol–water partition coefficient (Wildman–Crippen LogP) is 1.08. The number of nitrogens with one attached hydrogen (secondary N) is 2. The van der Waals surface area contributed by atoms with Crippen LogP contribution in [0, 0.1) is 0 Å². The SMILES string of the molecule is O=C(NCCc1cncs1)c1cc(=O)[nH]c(C2CC2)n1. The summed E-state index contributed by atoms with van der Waals surface area (Å²) in [5.41, 5.74) is 1.69. The lowest BCUT2D eigenvalue weighted by Crippen LogP contribution is -2.28. The summed E-state index contributed by atoms with van der Waals surface area (Å²) >= 11 is 1.55. The third-order valence-electron chi connectivity index (χ3n) is 3.10. The Kier molecular flexibility index (Phi) is 3.60. The normalized spacial score (nSPS) is 14.2. The summed E-state index contributed by atoms with van der Waals surface area (Å²) in [6.07, 6.45) is 4.57. The highest BCUT2D eigenvalue weighted by Crippen LogP contribution is 2.37. The summed E-state index contributed by atoms with van der Waals surface area (Å²) in [7, 11) is 0. The van der Waals surface area contributed by atoms with Gasteiger partial charge in [0.2, 0.25) is 0 Å². The largest absolute Gasteiger partial charge is 0.350 e. The number of aromatic nitrogens is 3. The Balaban J connectivity index is 1.63. The fourth-order valence-corrected chi connectivity index (χ4v) is 2.50. The van der Waals surface area contributed by atoms with E-state index >= 15 is 0 Å². The second-order valence-electron chi connectivity index (χ2n) is 4.76. The first-order chi connectivity index (χ1) is 9.72. The third kappa shape index (κ3) is 3.11. The third-order valence-corrected chi connectivity index (χ3v) is 3.94. The van der Waals surface area contributed by atoms with Gasteiger partial charge in [-0.15, -0.1) is 11.3 Å². The summed E-state index contributed by atoms with van der Waals surface area (Å²) in [6, 6.07) is 1.24. The van der Waals surface area contributed by atoms with Gasteiger partial charge in [-0.3, -0.25) is 14.6 Å². The van der Waals surface area contributed by atoms with E-state index < -0.39 is 0 Å². The van der Waals surface area contributed by atoms with Gasteiger partial charge < -0.3 is 10.3 Å². The first-order valence-electron chi connectivity index (χ1n) is 6.49. The minimum Gasteiger partial charge on any atom is -0.350 e. The van der Waals surface area contributed by atoms with E-state index in [1.165, 1.54) is 6.07 Å². The Hall–Kier alpha value is -2.02. The summed E-state index contributed by atoms with van der Waals surface area (Å²) in [5, 5.41) is 2.78. The van der Waals surface area contributed by atoms with Gasteiger partial charge in [-0.1, -0.05) is 0 Å². The zero-order chi connectivity index (χ0) is 13.9. The molecule has 2 heterocycles. The molecule has 0 aromatic carbocycles. The van der Waals surface area contributed by atoms with Crippen LogP contribution >= 0.6 is 11.3 Å². The number of amides is 1. The molecule has 7 heteroatoms. The lowest BCUT2D eigenvalue weighted by atomic mass is 10.3. The number of aromatic amines is 1. The second kappa shape index (κ2) is 5.54. The van der Waals surface area contributed by atoms with Crippen LogP contribution in [0.4, 0.5) is 0 Å². The fourth-order valence-electron chi connectivity index (χ4n) is 1.90. The van der Waals surface area contributed by atoms with Crippen LogP contribution in [0.5, 0.6) is 0 Å². The van der Waals surface area contributed by atoms with E-state index in [1.807, 2.05) is 0 Å². The number of nitrogens with zero attached hydrogens (tertiary/aromatic N) is 2. The van der Waals surface area contributed by atoms with Gasteiger partial charge in [0.15, 0.2) is 0 Å². The summed E-state index contributed by atoms with van der Waals surface area (Å²) < 4.78 is 0. The molecule has 6 nitrogen and oxygen atoms in total. The molecule has 1 amide bonds. The molecule has 2 N–H and O–H groups in total. The molecule has 1 aliphatic rings. The van der Waals surface area contributed by atoms with Crippen LogP contribution in [-0.4, -0.2) is 27.4 Å². The van der Waals surface area contributed by atoms with Gasteiger partial charge in [-0.2, -0.15) is 0 Å². The molecule has 2 aromatic heterocycles. The van der Waals surface area contributed by atoms with Crippen LogP contribution in [0.3, 0.4) is 0 Å². The molecule has 1 saturated carbocycles. The number of carbonyl (C=O) groups is 1. The van der Waals surface area contributed by atoms with Gasteiger partial charge in [0.1, 0.15) is 11.5 Å². The summed E-state index contributed by atoms with van der Waals surface area (Å²) in [5.74, 6) is 0.639. The molecule has 2 aromatic rings. The van der Waals surface area contributed by atoms with Crippen molar-refractivity contribution >= 4 is 17.2 Å². The predicted molar refractivity (Wildman–Crippen MR) is 75.0 cm³/mol. The zero-order valence-electron chi connectivity index (χ0n) is 10.8. The van der Waals surface area contributed by atoms with Crippen LogP contribution < -0.4 is 10.9 Å². The van der Waals surface area contributed by atoms with Crippen molar-refractivity contribution in [2.24, 2.45) is 0 Å². The fraction of sp³-hybridized carbons (Fsp3) is 0.385. The van der Waals surface area contributed by atoms with Crippen LogP contribution in [0.1, 0.15) is 39.9 Å². The molecule has 104 valence electrons. The van der Waals surface area contributed by atoms with Gasteiger partial charge in [0.05, 0.1) is 5.51 Å². The maximum Gasteiger partial charge on any atom is 0.270 e. The number of carbonyl (C=O) groups excluding carboxylic acids is 1. The number of hydrogen-bond acceptors (Lipinski definition) is 5. The van der Waals surface area contributed by atoms with E-state index in [4.69, 9.17) is 0 Å². The molecular formula is C13H14N4O2S. The van der Waals surface area contributed by atoms with E-state index in [2.05, 4.69) is 20.3 Å². The number of thiazole rings is 1. The van der Waals surface area contributed by atoms with Crippen molar-refractivity contribution in [1.82, 2.24) is 20.3 Å². The first kappa shape index (κ1) is 13.0. The van der Waals surface area contributed by atoms with Crippen molar-refractivity contribution in [3.63, 3.8) is 0 Å². The van der Waals surface area contributed by atoms with Gasteiger partial charge >= 0.3 is 0 Å². The van der Waals surface area contributed by atoms with Crippen LogP contribution in [0.2, 0.25) is 0 Å². The molecule has 0 atom stereocenters. The van der Waals surface area contributed by atoms with Crippen molar-refractivity contribution in [3.05, 3.63) is 44.5 Å². The average Bonchev–Trinajstić information content (AvgIpc) is 3.16. The molecule has 0 spiro atoms. The minimum atomic E-state index is -0.303. The topological polar surface area (TPSA) is 87.7 Å². The lowest BCUT2D eigenvalue weighted by molar-refractivity contribution is 0.0948. The Morgan fingerprint density at radius 2 is 2.35 bits per heavy atom. The van der Waals surface area contributed by atoms with E-state index in [0.29, 0.717) is 18.3 Å². The molecule has 0 saturated heterocycles. The van der Waals surface area contributed by atoms with Crippen LogP contribution in [0.15, 0.2) is 22.6 Å². The Bertz CT molecular complexity index is 661. The second-order valence-corrected chi connectivity index (χ2v) is 5.73. The average molecular weight is 290 g/mol. The minimum absolute atomic E-state index is 0.194. The van der Waals surface area contributed by atoms with E-state index in [1.54, 1.807) is 23.0 Å². The molecule has 0 unspecified atom stereocenters. The first-order valence-corrected chi connectivity index (χ1v) is 7.37. The number of H-pyrrole nitrogens is 1. The van der Waals surface area contributed by atoms with Crippen molar-refractivity contribution < 1.29 is 4.79 Å². The Morgan fingerprint density at radius 1 is 1.50 bits per heavy atom. The number of rotatable bonds is 5. The van der Waals surface area contributed by atoms with E-state index in [9.17, 15) is 9.59 Å². The highest BCUT2D eigenvalue weighted by Gasteiger charge is 2.27. The Morgan fingerprint density at radius 3 is 3.05 bits per heavy atom. The van der Waals surface area contributed by atoms with Crippen molar-refractivity contribution in [2.75, 3.05) is 6.54 Å². The van der Waals surface area contributed by atoms with Crippen molar-refractivity contribution in [1.29, 1.82) is 0 Å². The van der Waals surface area contributed by atoms with Crippen molar-refractivity contribution in [2.45, 2.75) is 25.2 Å². The maximum atomic E-state index is 12.0. The van der Waals surface area contributed by atoms with Gasteiger partial charge in [-0.25, -0.2) is 4.98 Å². The molecule has 0 bridgehead atoms. The molecule has 0 radical (unpaired) electrons. The molecule has 1 fully saturated rings. The van der Waals surface area contributed by atoms with E-state index in [0.717, 1.165) is 24.1 Å². The standard InChI is InChI=1S/C13H14N4O2S/c18-11-5-10(16-12(17-11)8-1-2-8)13(19)15-4-3-9-6-14-7-20-9/h5-8H,1-4H2,(H,15,19)(H,16,17,18). The van der Waals surface area contributed by atoms with Gasteiger partial charge in [0, 0.05) is 36.0 Å². The molecule has 1 aliphatic carbocycles. The lowest BCUT2D eigenvalue weighted by Gasteiger charge is -2.05. The number of hydrogen-bond donors (Lipinski definition) is 2. The van der Waals surface area contributed by atoms with Crippen molar-refractivity contribution in [3.8, 4) is 0 Å². The molecule has 0 aliphatic heterocycles. The summed E-state index contributed by atoms with van der Waals surface area (Å²) in [4.78, 5) is 35.5. The van der Waals surface area contributed by atoms with Gasteiger partial charge in [-0.05, 0) is 12.8 Å². The zero-order valence-corrected chi connectivity index (χ0v) is 11.6. The Labute approximate surface area is 119 Å². The van der Waals surface area contributed by atoms with Crippen LogP contribution in [0.25, 0.3) is 0 Å². The highest BCUT2D eigenvalue weighted by molar-refractivity contribution is 7.09. The monoisotopic (exact) mass is 290 g/mol. The molecule has 20 heavy (non-hydrogen) atoms.